The highest BCUT2D eigenvalue weighted by molar-refractivity contribution is 9.10. The number of rotatable bonds is 4. The lowest BCUT2D eigenvalue weighted by Crippen LogP contribution is -1.98. The summed E-state index contributed by atoms with van der Waals surface area (Å²) < 4.78 is 6.37. The molecule has 0 heterocycles. The summed E-state index contributed by atoms with van der Waals surface area (Å²) in [5.41, 5.74) is 1.95. The van der Waals surface area contributed by atoms with E-state index in [0.717, 1.165) is 21.4 Å². The summed E-state index contributed by atoms with van der Waals surface area (Å²) in [5, 5.41) is 8.55. The van der Waals surface area contributed by atoms with Gasteiger partial charge in [-0.3, -0.25) is 0 Å². The first-order valence-corrected chi connectivity index (χ1v) is 5.35. The molecule has 15 heavy (non-hydrogen) atoms. The molecule has 0 unspecified atom stereocenters. The van der Waals surface area contributed by atoms with Crippen LogP contribution in [0.2, 0.25) is 0 Å². The molecule has 0 amide bonds. The Bertz CT molecular complexity index is 407. The first kappa shape index (κ1) is 11.8. The van der Waals surface area contributed by atoms with Crippen molar-refractivity contribution in [1.29, 1.82) is 5.26 Å². The molecule has 0 atom stereocenters. The molecular formula is C12H12BrNO. The van der Waals surface area contributed by atoms with Crippen LogP contribution in [0.25, 0.3) is 0 Å². The third kappa shape index (κ3) is 3.77. The molecule has 2 nitrogen and oxygen atoms in total. The zero-order valence-corrected chi connectivity index (χ0v) is 10.2. The Morgan fingerprint density at radius 3 is 2.87 bits per heavy atom. The molecule has 0 radical (unpaired) electrons. The van der Waals surface area contributed by atoms with Gasteiger partial charge in [-0.15, -0.1) is 0 Å². The summed E-state index contributed by atoms with van der Waals surface area (Å²) in [4.78, 5) is 0. The van der Waals surface area contributed by atoms with Crippen LogP contribution in [0.4, 0.5) is 0 Å². The molecule has 0 saturated heterocycles. The molecule has 3 heteroatoms. The van der Waals surface area contributed by atoms with Crippen LogP contribution < -0.4 is 4.74 Å². The van der Waals surface area contributed by atoms with Gasteiger partial charge in [-0.25, -0.2) is 0 Å². The van der Waals surface area contributed by atoms with Crippen LogP contribution in [0.15, 0.2) is 34.8 Å². The monoisotopic (exact) mass is 265 g/mol. The average molecular weight is 266 g/mol. The van der Waals surface area contributed by atoms with E-state index in [4.69, 9.17) is 10.00 Å². The molecule has 0 aliphatic rings. The van der Waals surface area contributed by atoms with Crippen molar-refractivity contribution in [2.45, 2.75) is 13.3 Å². The van der Waals surface area contributed by atoms with Crippen molar-refractivity contribution >= 4 is 15.9 Å². The normalized spacial score (nSPS) is 9.40. The van der Waals surface area contributed by atoms with Crippen LogP contribution in [0, 0.1) is 11.3 Å². The van der Waals surface area contributed by atoms with E-state index >= 15 is 0 Å². The van der Waals surface area contributed by atoms with Gasteiger partial charge < -0.3 is 4.74 Å². The maximum atomic E-state index is 8.55. The van der Waals surface area contributed by atoms with E-state index in [1.807, 2.05) is 25.1 Å². The van der Waals surface area contributed by atoms with Crippen molar-refractivity contribution in [2.75, 3.05) is 6.61 Å². The van der Waals surface area contributed by atoms with Gasteiger partial charge in [0.25, 0.3) is 0 Å². The van der Waals surface area contributed by atoms with Crippen LogP contribution >= 0.6 is 15.9 Å². The number of hydrogen-bond acceptors (Lipinski definition) is 2. The van der Waals surface area contributed by atoms with E-state index in [9.17, 15) is 0 Å². The zero-order chi connectivity index (χ0) is 11.3. The number of nitrogens with zero attached hydrogens (tertiary/aromatic N) is 1. The minimum atomic E-state index is 0.416. The Morgan fingerprint density at radius 2 is 2.33 bits per heavy atom. The topological polar surface area (TPSA) is 33.0 Å². The van der Waals surface area contributed by atoms with E-state index in [1.54, 1.807) is 0 Å². The SMILES string of the molecule is C=C(C)COc1ccc(CC#N)cc1Br. The summed E-state index contributed by atoms with van der Waals surface area (Å²) >= 11 is 3.40. The molecule has 1 aromatic carbocycles. The van der Waals surface area contributed by atoms with Gasteiger partial charge in [-0.1, -0.05) is 12.6 Å². The number of hydrogen-bond donors (Lipinski definition) is 0. The first-order chi connectivity index (χ1) is 7.13. The van der Waals surface area contributed by atoms with Gasteiger partial charge in [-0.2, -0.15) is 5.26 Å². The van der Waals surface area contributed by atoms with Gasteiger partial charge in [0.15, 0.2) is 0 Å². The molecule has 0 aromatic heterocycles. The van der Waals surface area contributed by atoms with Crippen LogP contribution in [-0.4, -0.2) is 6.61 Å². The molecule has 0 fully saturated rings. The lowest BCUT2D eigenvalue weighted by Gasteiger charge is -2.08. The first-order valence-electron chi connectivity index (χ1n) is 4.56. The Balaban J connectivity index is 2.75. The molecule has 0 aliphatic heterocycles. The standard InChI is InChI=1S/C12H12BrNO/c1-9(2)8-15-12-4-3-10(5-6-14)7-11(12)13/h3-4,7H,1,5,8H2,2H3. The third-order valence-corrected chi connectivity index (χ3v) is 2.37. The molecule has 0 N–H and O–H groups in total. The molecule has 1 aromatic rings. The van der Waals surface area contributed by atoms with Crippen LogP contribution in [0.3, 0.4) is 0 Å². The summed E-state index contributed by atoms with van der Waals surface area (Å²) in [6.07, 6.45) is 0.416. The predicted molar refractivity (Wildman–Crippen MR) is 63.8 cm³/mol. The Labute approximate surface area is 98.3 Å². The minimum Gasteiger partial charge on any atom is -0.488 e. The van der Waals surface area contributed by atoms with E-state index < -0.39 is 0 Å². The maximum absolute atomic E-state index is 8.55. The fraction of sp³-hybridized carbons (Fsp3) is 0.250. The van der Waals surface area contributed by atoms with Gasteiger partial charge in [0.2, 0.25) is 0 Å². The van der Waals surface area contributed by atoms with Gasteiger partial charge in [0.05, 0.1) is 17.0 Å². The van der Waals surface area contributed by atoms with E-state index in [2.05, 4.69) is 28.6 Å². The second kappa shape index (κ2) is 5.57. The summed E-state index contributed by atoms with van der Waals surface area (Å²) in [7, 11) is 0. The van der Waals surface area contributed by atoms with Crippen LogP contribution in [0.5, 0.6) is 5.75 Å². The highest BCUT2D eigenvalue weighted by atomic mass is 79.9. The fourth-order valence-electron chi connectivity index (χ4n) is 1.06. The van der Waals surface area contributed by atoms with Crippen molar-refractivity contribution in [3.63, 3.8) is 0 Å². The lowest BCUT2D eigenvalue weighted by atomic mass is 10.2. The van der Waals surface area contributed by atoms with Gasteiger partial charge in [-0.05, 0) is 46.1 Å². The minimum absolute atomic E-state index is 0.416. The van der Waals surface area contributed by atoms with Crippen molar-refractivity contribution in [1.82, 2.24) is 0 Å². The van der Waals surface area contributed by atoms with Crippen LogP contribution in [-0.2, 0) is 6.42 Å². The largest absolute Gasteiger partial charge is 0.488 e. The van der Waals surface area contributed by atoms with E-state index in [1.165, 1.54) is 0 Å². The maximum Gasteiger partial charge on any atom is 0.133 e. The molecule has 0 bridgehead atoms. The van der Waals surface area contributed by atoms with E-state index in [-0.39, 0.29) is 0 Å². The third-order valence-electron chi connectivity index (χ3n) is 1.75. The fourth-order valence-corrected chi connectivity index (χ4v) is 1.60. The van der Waals surface area contributed by atoms with Gasteiger partial charge >= 0.3 is 0 Å². The predicted octanol–water partition coefficient (Wildman–Crippen LogP) is 3.47. The highest BCUT2D eigenvalue weighted by Crippen LogP contribution is 2.26. The van der Waals surface area contributed by atoms with Crippen molar-refractivity contribution in [3.8, 4) is 11.8 Å². The summed E-state index contributed by atoms with van der Waals surface area (Å²) in [5.74, 6) is 0.777. The Hall–Kier alpha value is -1.27. The van der Waals surface area contributed by atoms with E-state index in [0.29, 0.717) is 13.0 Å². The lowest BCUT2D eigenvalue weighted by molar-refractivity contribution is 0.350. The van der Waals surface area contributed by atoms with Crippen molar-refractivity contribution in [3.05, 3.63) is 40.4 Å². The number of halogens is 1. The molecular weight excluding hydrogens is 254 g/mol. The van der Waals surface area contributed by atoms with Crippen LogP contribution in [0.1, 0.15) is 12.5 Å². The Morgan fingerprint density at radius 1 is 1.60 bits per heavy atom. The second-order valence-electron chi connectivity index (χ2n) is 3.35. The molecule has 0 saturated carbocycles. The average Bonchev–Trinajstić information content (AvgIpc) is 2.17. The van der Waals surface area contributed by atoms with Crippen molar-refractivity contribution < 1.29 is 4.74 Å². The molecule has 1 rings (SSSR count). The number of benzene rings is 1. The molecule has 78 valence electrons. The highest BCUT2D eigenvalue weighted by Gasteiger charge is 2.02. The van der Waals surface area contributed by atoms with Crippen molar-refractivity contribution in [2.24, 2.45) is 0 Å². The zero-order valence-electron chi connectivity index (χ0n) is 8.59. The summed E-state index contributed by atoms with van der Waals surface area (Å²) in [6.45, 7) is 6.19. The van der Waals surface area contributed by atoms with Gasteiger partial charge in [0, 0.05) is 0 Å². The summed E-state index contributed by atoms with van der Waals surface area (Å²) in [6, 6.07) is 7.76. The number of nitriles is 1. The second-order valence-corrected chi connectivity index (χ2v) is 4.20. The Kier molecular flexibility index (Phi) is 4.38. The molecule has 0 aliphatic carbocycles. The molecule has 0 spiro atoms. The quantitative estimate of drug-likeness (QED) is 0.782. The number of ether oxygens (including phenoxy) is 1. The smallest absolute Gasteiger partial charge is 0.133 e. The van der Waals surface area contributed by atoms with Gasteiger partial charge in [0.1, 0.15) is 12.4 Å².